The van der Waals surface area contributed by atoms with E-state index < -0.39 is 17.7 Å². The quantitative estimate of drug-likeness (QED) is 0.253. The molecule has 1 saturated heterocycles. The van der Waals surface area contributed by atoms with E-state index in [0.717, 1.165) is 20.1 Å². The van der Waals surface area contributed by atoms with Crippen LogP contribution >= 0.6 is 31.9 Å². The Hall–Kier alpha value is -2.70. The van der Waals surface area contributed by atoms with Crippen molar-refractivity contribution in [2.45, 2.75) is 13.0 Å². The van der Waals surface area contributed by atoms with Gasteiger partial charge < -0.3 is 5.11 Å². The zero-order valence-corrected chi connectivity index (χ0v) is 19.1. The molecule has 0 aromatic heterocycles. The molecule has 0 bridgehead atoms. The number of rotatable bonds is 3. The SMILES string of the molecule is Cc1cc(/C(O)=C2/C(=O)C(=O)N(c3ccccc3)C2c2ccc(Br)cc2)ccc1Br. The third-order valence-electron chi connectivity index (χ3n) is 5.10. The van der Waals surface area contributed by atoms with Gasteiger partial charge in [0.1, 0.15) is 5.76 Å². The fourth-order valence-electron chi connectivity index (χ4n) is 3.60. The van der Waals surface area contributed by atoms with Crippen molar-refractivity contribution in [3.63, 3.8) is 0 Å². The van der Waals surface area contributed by atoms with Crippen LogP contribution in [0.5, 0.6) is 0 Å². The van der Waals surface area contributed by atoms with Crippen LogP contribution in [0.25, 0.3) is 5.76 Å². The van der Waals surface area contributed by atoms with E-state index in [4.69, 9.17) is 0 Å². The number of carbonyl (C=O) groups excluding carboxylic acids is 2. The van der Waals surface area contributed by atoms with Gasteiger partial charge in [-0.15, -0.1) is 0 Å². The molecule has 6 heteroatoms. The molecule has 1 amide bonds. The highest BCUT2D eigenvalue weighted by Crippen LogP contribution is 2.42. The first-order chi connectivity index (χ1) is 14.4. The predicted octanol–water partition coefficient (Wildman–Crippen LogP) is 6.15. The summed E-state index contributed by atoms with van der Waals surface area (Å²) in [6.45, 7) is 1.90. The van der Waals surface area contributed by atoms with Crippen molar-refractivity contribution in [3.05, 3.63) is 104 Å². The summed E-state index contributed by atoms with van der Waals surface area (Å²) < 4.78 is 1.78. The minimum atomic E-state index is -0.732. The smallest absolute Gasteiger partial charge is 0.300 e. The number of nitrogens with zero attached hydrogens (tertiary/aromatic N) is 1. The first-order valence-corrected chi connectivity index (χ1v) is 10.8. The van der Waals surface area contributed by atoms with Crippen LogP contribution in [-0.2, 0) is 9.59 Å². The summed E-state index contributed by atoms with van der Waals surface area (Å²) in [5.74, 6) is -1.55. The minimum absolute atomic E-state index is 0.0768. The maximum Gasteiger partial charge on any atom is 0.300 e. The van der Waals surface area contributed by atoms with E-state index >= 15 is 0 Å². The molecule has 0 radical (unpaired) electrons. The Labute approximate surface area is 191 Å². The van der Waals surface area contributed by atoms with Gasteiger partial charge in [-0.1, -0.05) is 68.3 Å². The number of amides is 1. The second kappa shape index (κ2) is 8.20. The van der Waals surface area contributed by atoms with Crippen molar-refractivity contribution in [1.29, 1.82) is 0 Å². The normalized spacial score (nSPS) is 18.1. The van der Waals surface area contributed by atoms with Gasteiger partial charge in [-0.05, 0) is 54.4 Å². The molecule has 1 fully saturated rings. The number of hydrogen-bond acceptors (Lipinski definition) is 3. The van der Waals surface area contributed by atoms with Crippen LogP contribution in [0.2, 0.25) is 0 Å². The van der Waals surface area contributed by atoms with Crippen LogP contribution in [0.15, 0.2) is 87.3 Å². The number of carbonyl (C=O) groups is 2. The Morgan fingerprint density at radius 1 is 0.933 bits per heavy atom. The Bertz CT molecular complexity index is 1170. The number of Topliss-reactive ketones (excluding diaryl/α,β-unsaturated/α-hetero) is 1. The maximum absolute atomic E-state index is 13.1. The Morgan fingerprint density at radius 3 is 2.23 bits per heavy atom. The number of ketones is 1. The molecule has 1 heterocycles. The average molecular weight is 527 g/mol. The van der Waals surface area contributed by atoms with E-state index in [-0.39, 0.29) is 11.3 Å². The van der Waals surface area contributed by atoms with Gasteiger partial charge in [-0.2, -0.15) is 0 Å². The molecule has 1 aliphatic rings. The number of para-hydroxylation sites is 1. The number of aryl methyl sites for hydroxylation is 1. The molecule has 0 saturated carbocycles. The molecule has 0 spiro atoms. The van der Waals surface area contributed by atoms with Gasteiger partial charge in [-0.25, -0.2) is 0 Å². The van der Waals surface area contributed by atoms with Crippen LogP contribution in [-0.4, -0.2) is 16.8 Å². The lowest BCUT2D eigenvalue weighted by Gasteiger charge is -2.25. The maximum atomic E-state index is 13.1. The molecule has 0 aliphatic carbocycles. The summed E-state index contributed by atoms with van der Waals surface area (Å²) in [6, 6.07) is 21.0. The highest BCUT2D eigenvalue weighted by Gasteiger charge is 2.46. The number of benzene rings is 3. The molecule has 1 unspecified atom stereocenters. The summed E-state index contributed by atoms with van der Waals surface area (Å²) in [4.78, 5) is 27.6. The highest BCUT2D eigenvalue weighted by molar-refractivity contribution is 9.10. The van der Waals surface area contributed by atoms with Crippen molar-refractivity contribution in [2.24, 2.45) is 0 Å². The van der Waals surface area contributed by atoms with E-state index in [1.54, 1.807) is 24.3 Å². The molecule has 30 heavy (non-hydrogen) atoms. The van der Waals surface area contributed by atoms with Gasteiger partial charge in [0.2, 0.25) is 0 Å². The summed E-state index contributed by atoms with van der Waals surface area (Å²) in [5.41, 5.74) is 2.81. The predicted molar refractivity (Wildman–Crippen MR) is 124 cm³/mol. The molecule has 3 aromatic carbocycles. The fraction of sp³-hybridized carbons (Fsp3) is 0.0833. The van der Waals surface area contributed by atoms with Crippen molar-refractivity contribution in [3.8, 4) is 0 Å². The number of aliphatic hydroxyl groups is 1. The van der Waals surface area contributed by atoms with Crippen LogP contribution in [0.1, 0.15) is 22.7 Å². The molecular weight excluding hydrogens is 510 g/mol. The van der Waals surface area contributed by atoms with Crippen molar-refractivity contribution < 1.29 is 14.7 Å². The largest absolute Gasteiger partial charge is 0.507 e. The topological polar surface area (TPSA) is 57.6 Å². The number of hydrogen-bond donors (Lipinski definition) is 1. The molecule has 3 aromatic rings. The first kappa shape index (κ1) is 20.6. The fourth-order valence-corrected chi connectivity index (χ4v) is 4.11. The molecular formula is C24H17Br2NO3. The van der Waals surface area contributed by atoms with Crippen LogP contribution in [0.4, 0.5) is 5.69 Å². The second-order valence-electron chi connectivity index (χ2n) is 7.02. The number of aliphatic hydroxyl groups excluding tert-OH is 1. The number of halogens is 2. The van der Waals surface area contributed by atoms with Gasteiger partial charge in [0.05, 0.1) is 11.6 Å². The lowest BCUT2D eigenvalue weighted by atomic mass is 9.95. The summed E-state index contributed by atoms with van der Waals surface area (Å²) in [5, 5.41) is 11.1. The number of anilines is 1. The molecule has 4 rings (SSSR count). The van der Waals surface area contributed by atoms with Gasteiger partial charge in [0, 0.05) is 20.2 Å². The highest BCUT2D eigenvalue weighted by atomic mass is 79.9. The Balaban J connectivity index is 1.95. The summed E-state index contributed by atoms with van der Waals surface area (Å²) >= 11 is 6.87. The Morgan fingerprint density at radius 2 is 1.60 bits per heavy atom. The van der Waals surface area contributed by atoms with E-state index in [2.05, 4.69) is 31.9 Å². The molecule has 1 N–H and O–H groups in total. The Kier molecular flexibility index (Phi) is 5.62. The van der Waals surface area contributed by atoms with Gasteiger partial charge in [0.15, 0.2) is 0 Å². The third-order valence-corrected chi connectivity index (χ3v) is 6.51. The molecule has 150 valence electrons. The molecule has 1 aliphatic heterocycles. The lowest BCUT2D eigenvalue weighted by molar-refractivity contribution is -0.132. The van der Waals surface area contributed by atoms with E-state index in [1.807, 2.05) is 55.5 Å². The zero-order chi connectivity index (χ0) is 21.4. The standard InChI is InChI=1S/C24H17Br2NO3/c1-14-13-16(9-12-19(14)26)22(28)20-21(15-7-10-17(25)11-8-15)27(24(30)23(20)29)18-5-3-2-4-6-18/h2-13,21,28H,1H3/b22-20-. The van der Waals surface area contributed by atoms with Crippen LogP contribution in [0.3, 0.4) is 0 Å². The zero-order valence-electron chi connectivity index (χ0n) is 16.0. The van der Waals surface area contributed by atoms with Crippen LogP contribution in [0, 0.1) is 6.92 Å². The van der Waals surface area contributed by atoms with Crippen molar-refractivity contribution in [2.75, 3.05) is 4.90 Å². The van der Waals surface area contributed by atoms with E-state index in [0.29, 0.717) is 11.3 Å². The molecule has 1 atom stereocenters. The van der Waals surface area contributed by atoms with Gasteiger partial charge in [0.25, 0.3) is 11.7 Å². The van der Waals surface area contributed by atoms with Crippen molar-refractivity contribution in [1.82, 2.24) is 0 Å². The first-order valence-electron chi connectivity index (χ1n) is 9.26. The average Bonchev–Trinajstić information content (AvgIpc) is 3.01. The summed E-state index contributed by atoms with van der Waals surface area (Å²) in [6.07, 6.45) is 0. The van der Waals surface area contributed by atoms with Crippen molar-refractivity contribution >= 4 is 55.0 Å². The van der Waals surface area contributed by atoms with Gasteiger partial charge in [-0.3, -0.25) is 14.5 Å². The third kappa shape index (κ3) is 3.61. The van der Waals surface area contributed by atoms with Gasteiger partial charge >= 0.3 is 0 Å². The molecule has 4 nitrogen and oxygen atoms in total. The van der Waals surface area contributed by atoms with E-state index in [9.17, 15) is 14.7 Å². The minimum Gasteiger partial charge on any atom is -0.507 e. The van der Waals surface area contributed by atoms with E-state index in [1.165, 1.54) is 4.90 Å². The monoisotopic (exact) mass is 525 g/mol. The second-order valence-corrected chi connectivity index (χ2v) is 8.79. The van der Waals surface area contributed by atoms with Crippen LogP contribution < -0.4 is 4.90 Å². The summed E-state index contributed by atoms with van der Waals surface area (Å²) in [7, 11) is 0. The lowest BCUT2D eigenvalue weighted by Crippen LogP contribution is -2.29.